The average molecular weight is 255 g/mol. The molecule has 3 N–H and O–H groups in total. The van der Waals surface area contributed by atoms with Gasteiger partial charge in [0.15, 0.2) is 0 Å². The summed E-state index contributed by atoms with van der Waals surface area (Å²) in [6.45, 7) is 6.56. The van der Waals surface area contributed by atoms with Gasteiger partial charge in [0.25, 0.3) is 0 Å². The van der Waals surface area contributed by atoms with Crippen molar-refractivity contribution in [3.63, 3.8) is 0 Å². The maximum Gasteiger partial charge on any atom is 0.220 e. The molecule has 0 saturated heterocycles. The second kappa shape index (κ2) is 6.12. The number of hydrogen-bond donors (Lipinski definition) is 2. The van der Waals surface area contributed by atoms with Crippen molar-refractivity contribution in [1.82, 2.24) is 10.3 Å². The van der Waals surface area contributed by atoms with Gasteiger partial charge >= 0.3 is 0 Å². The molecule has 0 bridgehead atoms. The summed E-state index contributed by atoms with van der Waals surface area (Å²) >= 11 is 1.55. The quantitative estimate of drug-likeness (QED) is 0.810. The van der Waals surface area contributed by atoms with Crippen molar-refractivity contribution in [2.24, 2.45) is 11.7 Å². The van der Waals surface area contributed by atoms with Gasteiger partial charge in [0.05, 0.1) is 16.7 Å². The number of thiazole rings is 1. The zero-order valence-corrected chi connectivity index (χ0v) is 11.5. The van der Waals surface area contributed by atoms with Crippen molar-refractivity contribution < 1.29 is 4.79 Å². The Hall–Kier alpha value is -0.940. The van der Waals surface area contributed by atoms with Gasteiger partial charge in [-0.05, 0) is 19.3 Å². The molecule has 1 amide bonds. The first-order chi connectivity index (χ1) is 7.98. The number of carbonyl (C=O) groups is 1. The number of nitrogens with zero attached hydrogens (tertiary/aromatic N) is 1. The molecular formula is C12H21N3OS. The lowest BCUT2D eigenvalue weighted by atomic mass is 9.88. The van der Waals surface area contributed by atoms with Crippen LogP contribution >= 0.6 is 11.3 Å². The number of nitrogens with one attached hydrogen (secondary N) is 1. The summed E-state index contributed by atoms with van der Waals surface area (Å²) in [5.74, 6) is 0.357. The molecule has 0 fully saturated rings. The van der Waals surface area contributed by atoms with Crippen LogP contribution in [-0.4, -0.2) is 23.0 Å². The van der Waals surface area contributed by atoms with Gasteiger partial charge in [0, 0.05) is 18.3 Å². The first-order valence-corrected chi connectivity index (χ1v) is 6.80. The molecule has 0 spiro atoms. The number of carbonyl (C=O) groups excluding carboxylic acids is 1. The van der Waals surface area contributed by atoms with E-state index in [2.05, 4.69) is 24.1 Å². The molecule has 17 heavy (non-hydrogen) atoms. The van der Waals surface area contributed by atoms with Crippen LogP contribution in [0.4, 0.5) is 0 Å². The van der Waals surface area contributed by atoms with E-state index in [9.17, 15) is 4.79 Å². The van der Waals surface area contributed by atoms with Crippen molar-refractivity contribution >= 4 is 17.2 Å². The third-order valence-corrected chi connectivity index (χ3v) is 3.85. The lowest BCUT2D eigenvalue weighted by Crippen LogP contribution is -2.55. The molecule has 1 atom stereocenters. The average Bonchev–Trinajstić information content (AvgIpc) is 2.78. The molecule has 0 saturated carbocycles. The standard InChI is InChI=1S/C12H21N3OS/c1-9(2)12(3,7-13)15-11(16)5-4-10-6-17-8-14-10/h6,8-9H,4-5,7,13H2,1-3H3,(H,15,16). The maximum absolute atomic E-state index is 11.8. The predicted molar refractivity (Wildman–Crippen MR) is 70.9 cm³/mol. The van der Waals surface area contributed by atoms with Crippen molar-refractivity contribution in [1.29, 1.82) is 0 Å². The van der Waals surface area contributed by atoms with Crippen LogP contribution in [0.1, 0.15) is 32.9 Å². The Morgan fingerprint density at radius 1 is 1.65 bits per heavy atom. The van der Waals surface area contributed by atoms with Gasteiger partial charge in [0.2, 0.25) is 5.91 Å². The SMILES string of the molecule is CC(C)C(C)(CN)NC(=O)CCc1cscn1. The predicted octanol–water partition coefficient (Wildman–Crippen LogP) is 1.57. The third-order valence-electron chi connectivity index (χ3n) is 3.21. The molecular weight excluding hydrogens is 234 g/mol. The number of aromatic nitrogens is 1. The highest BCUT2D eigenvalue weighted by molar-refractivity contribution is 7.07. The lowest BCUT2D eigenvalue weighted by Gasteiger charge is -2.33. The molecule has 4 nitrogen and oxygen atoms in total. The summed E-state index contributed by atoms with van der Waals surface area (Å²) in [5, 5.41) is 4.99. The highest BCUT2D eigenvalue weighted by Crippen LogP contribution is 2.15. The molecule has 1 unspecified atom stereocenters. The Morgan fingerprint density at radius 2 is 2.35 bits per heavy atom. The Labute approximate surface area is 107 Å². The van der Waals surface area contributed by atoms with E-state index < -0.39 is 0 Å². The molecule has 0 aliphatic carbocycles. The summed E-state index contributed by atoms with van der Waals surface area (Å²) in [6, 6.07) is 0. The molecule has 1 rings (SSSR count). The Morgan fingerprint density at radius 3 is 2.82 bits per heavy atom. The molecule has 1 aromatic heterocycles. The second-order valence-electron chi connectivity index (χ2n) is 4.80. The molecule has 0 radical (unpaired) electrons. The molecule has 1 aromatic rings. The van der Waals surface area contributed by atoms with Crippen molar-refractivity contribution in [3.8, 4) is 0 Å². The van der Waals surface area contributed by atoms with Gasteiger partial charge in [-0.2, -0.15) is 0 Å². The fraction of sp³-hybridized carbons (Fsp3) is 0.667. The Bertz CT molecular complexity index is 351. The molecule has 96 valence electrons. The molecule has 1 heterocycles. The van der Waals surface area contributed by atoms with Gasteiger partial charge in [-0.3, -0.25) is 4.79 Å². The molecule has 5 heteroatoms. The minimum Gasteiger partial charge on any atom is -0.349 e. The largest absolute Gasteiger partial charge is 0.349 e. The fourth-order valence-corrected chi connectivity index (χ4v) is 2.01. The van der Waals surface area contributed by atoms with Crippen LogP contribution in [0.3, 0.4) is 0 Å². The van der Waals surface area contributed by atoms with E-state index in [1.165, 1.54) is 0 Å². The van der Waals surface area contributed by atoms with Crippen LogP contribution in [0.2, 0.25) is 0 Å². The normalized spacial score (nSPS) is 14.6. The highest BCUT2D eigenvalue weighted by Gasteiger charge is 2.28. The van der Waals surface area contributed by atoms with Crippen LogP contribution < -0.4 is 11.1 Å². The summed E-state index contributed by atoms with van der Waals surface area (Å²) in [7, 11) is 0. The minimum atomic E-state index is -0.320. The van der Waals surface area contributed by atoms with Gasteiger partial charge < -0.3 is 11.1 Å². The van der Waals surface area contributed by atoms with E-state index >= 15 is 0 Å². The van der Waals surface area contributed by atoms with Gasteiger partial charge in [-0.25, -0.2) is 4.98 Å². The molecule has 0 aliphatic rings. The van der Waals surface area contributed by atoms with Gasteiger partial charge in [-0.15, -0.1) is 11.3 Å². The molecule has 0 aromatic carbocycles. The fourth-order valence-electron chi connectivity index (χ4n) is 1.41. The number of hydrogen-bond acceptors (Lipinski definition) is 4. The summed E-state index contributed by atoms with van der Waals surface area (Å²) in [4.78, 5) is 16.0. The van der Waals surface area contributed by atoms with Crippen LogP contribution in [0, 0.1) is 5.92 Å². The third kappa shape index (κ3) is 4.09. The van der Waals surface area contributed by atoms with Crippen molar-refractivity contribution in [2.45, 2.75) is 39.2 Å². The van der Waals surface area contributed by atoms with Crippen LogP contribution in [-0.2, 0) is 11.2 Å². The van der Waals surface area contributed by atoms with Crippen molar-refractivity contribution in [3.05, 3.63) is 16.6 Å². The Balaban J connectivity index is 2.43. The Kier molecular flexibility index (Phi) is 5.08. The summed E-state index contributed by atoms with van der Waals surface area (Å²) in [5.41, 5.74) is 8.16. The van der Waals surface area contributed by atoms with Gasteiger partial charge in [0.1, 0.15) is 0 Å². The number of nitrogens with two attached hydrogens (primary N) is 1. The summed E-state index contributed by atoms with van der Waals surface area (Å²) < 4.78 is 0. The number of aryl methyl sites for hydroxylation is 1. The van der Waals surface area contributed by atoms with Crippen LogP contribution in [0.25, 0.3) is 0 Å². The van der Waals surface area contributed by atoms with Crippen LogP contribution in [0.5, 0.6) is 0 Å². The zero-order chi connectivity index (χ0) is 12.9. The second-order valence-corrected chi connectivity index (χ2v) is 5.52. The summed E-state index contributed by atoms with van der Waals surface area (Å²) in [6.07, 6.45) is 1.15. The minimum absolute atomic E-state index is 0.0413. The number of amides is 1. The van der Waals surface area contributed by atoms with E-state index in [-0.39, 0.29) is 11.4 Å². The maximum atomic E-state index is 11.8. The van der Waals surface area contributed by atoms with Gasteiger partial charge in [-0.1, -0.05) is 13.8 Å². The lowest BCUT2D eigenvalue weighted by molar-refractivity contribution is -0.123. The first-order valence-electron chi connectivity index (χ1n) is 5.86. The van der Waals surface area contributed by atoms with E-state index in [0.717, 1.165) is 5.69 Å². The molecule has 0 aliphatic heterocycles. The van der Waals surface area contributed by atoms with E-state index in [1.807, 2.05) is 12.3 Å². The first kappa shape index (κ1) is 14.1. The van der Waals surface area contributed by atoms with Crippen molar-refractivity contribution in [2.75, 3.05) is 6.54 Å². The number of rotatable bonds is 6. The van der Waals surface area contributed by atoms with Crippen LogP contribution in [0.15, 0.2) is 10.9 Å². The monoisotopic (exact) mass is 255 g/mol. The highest BCUT2D eigenvalue weighted by atomic mass is 32.1. The zero-order valence-electron chi connectivity index (χ0n) is 10.7. The topological polar surface area (TPSA) is 68.0 Å². The van der Waals surface area contributed by atoms with E-state index in [1.54, 1.807) is 16.8 Å². The smallest absolute Gasteiger partial charge is 0.220 e. The van der Waals surface area contributed by atoms with E-state index in [0.29, 0.717) is 25.3 Å². The van der Waals surface area contributed by atoms with E-state index in [4.69, 9.17) is 5.73 Å².